The first-order valence-electron chi connectivity index (χ1n) is 6.87. The normalized spacial score (nSPS) is 17.8. The molecule has 1 fully saturated rings. The van der Waals surface area contributed by atoms with Gasteiger partial charge in [-0.05, 0) is 24.6 Å². The summed E-state index contributed by atoms with van der Waals surface area (Å²) in [4.78, 5) is 0. The van der Waals surface area contributed by atoms with Crippen molar-refractivity contribution in [2.75, 3.05) is 32.8 Å². The quantitative estimate of drug-likeness (QED) is 0.850. The summed E-state index contributed by atoms with van der Waals surface area (Å²) in [5, 5.41) is 3.24. The van der Waals surface area contributed by atoms with Gasteiger partial charge in [-0.2, -0.15) is 4.31 Å². The van der Waals surface area contributed by atoms with Crippen LogP contribution in [0.5, 0.6) is 0 Å². The first-order chi connectivity index (χ1) is 9.50. The van der Waals surface area contributed by atoms with Crippen molar-refractivity contribution in [3.8, 4) is 0 Å². The van der Waals surface area contributed by atoms with Crippen molar-refractivity contribution in [3.05, 3.63) is 17.9 Å². The molecule has 1 saturated heterocycles. The molecule has 0 radical (unpaired) electrons. The summed E-state index contributed by atoms with van der Waals surface area (Å²) in [6.45, 7) is 7.26. The van der Waals surface area contributed by atoms with E-state index in [-0.39, 0.29) is 5.09 Å². The maximum absolute atomic E-state index is 12.3. The Hall–Kier alpha value is -0.890. The lowest BCUT2D eigenvalue weighted by Crippen LogP contribution is -2.40. The van der Waals surface area contributed by atoms with Crippen molar-refractivity contribution in [2.45, 2.75) is 25.5 Å². The third kappa shape index (κ3) is 3.82. The van der Waals surface area contributed by atoms with E-state index in [1.807, 2.05) is 0 Å². The van der Waals surface area contributed by atoms with Crippen molar-refractivity contribution < 1.29 is 17.6 Å². The Labute approximate surface area is 120 Å². The molecule has 6 nitrogen and oxygen atoms in total. The Bertz CT molecular complexity index is 518. The number of sulfonamides is 1. The lowest BCUT2D eigenvalue weighted by molar-refractivity contribution is 0.0723. The van der Waals surface area contributed by atoms with Crippen molar-refractivity contribution in [1.29, 1.82) is 0 Å². The minimum atomic E-state index is -3.52. The molecule has 0 aromatic carbocycles. The molecule has 1 aliphatic heterocycles. The van der Waals surface area contributed by atoms with Gasteiger partial charge in [-0.1, -0.05) is 13.8 Å². The number of nitrogens with zero attached hydrogens (tertiary/aromatic N) is 1. The first-order valence-corrected chi connectivity index (χ1v) is 8.31. The van der Waals surface area contributed by atoms with E-state index < -0.39 is 10.0 Å². The highest BCUT2D eigenvalue weighted by atomic mass is 32.2. The van der Waals surface area contributed by atoms with E-state index in [2.05, 4.69) is 19.2 Å². The number of ether oxygens (including phenoxy) is 1. The van der Waals surface area contributed by atoms with E-state index in [0.717, 1.165) is 6.54 Å². The van der Waals surface area contributed by atoms with Crippen LogP contribution in [0.15, 0.2) is 21.6 Å². The second-order valence-corrected chi connectivity index (χ2v) is 7.13. The molecule has 2 rings (SSSR count). The van der Waals surface area contributed by atoms with E-state index >= 15 is 0 Å². The first kappa shape index (κ1) is 15.5. The average Bonchev–Trinajstić information content (AvgIpc) is 2.89. The lowest BCUT2D eigenvalue weighted by Gasteiger charge is -2.24. The second kappa shape index (κ2) is 6.71. The smallest absolute Gasteiger partial charge is 0.276 e. The van der Waals surface area contributed by atoms with Crippen molar-refractivity contribution >= 4 is 10.0 Å². The molecule has 1 aliphatic rings. The predicted molar refractivity (Wildman–Crippen MR) is 74.8 cm³/mol. The fourth-order valence-electron chi connectivity index (χ4n) is 1.99. The highest BCUT2D eigenvalue weighted by Gasteiger charge is 2.29. The van der Waals surface area contributed by atoms with Crippen molar-refractivity contribution in [3.63, 3.8) is 0 Å². The van der Waals surface area contributed by atoms with Gasteiger partial charge in [-0.25, -0.2) is 8.42 Å². The summed E-state index contributed by atoms with van der Waals surface area (Å²) in [6, 6.07) is 3.23. The molecule has 0 spiro atoms. The fraction of sp³-hybridized carbons (Fsp3) is 0.692. The molecule has 2 heterocycles. The van der Waals surface area contributed by atoms with E-state index in [0.29, 0.717) is 44.5 Å². The zero-order valence-corrected chi connectivity index (χ0v) is 12.8. The van der Waals surface area contributed by atoms with Crippen LogP contribution >= 0.6 is 0 Å². The van der Waals surface area contributed by atoms with Crippen LogP contribution < -0.4 is 5.32 Å². The Balaban J connectivity index is 2.00. The average molecular weight is 302 g/mol. The van der Waals surface area contributed by atoms with Crippen LogP contribution in [0.2, 0.25) is 0 Å². The Morgan fingerprint density at radius 1 is 1.30 bits per heavy atom. The molecule has 0 atom stereocenters. The Morgan fingerprint density at radius 3 is 2.65 bits per heavy atom. The van der Waals surface area contributed by atoms with Gasteiger partial charge in [-0.3, -0.25) is 0 Å². The Morgan fingerprint density at radius 2 is 2.00 bits per heavy atom. The van der Waals surface area contributed by atoms with Crippen LogP contribution in [0.1, 0.15) is 19.6 Å². The number of rotatable bonds is 6. The number of nitrogens with one attached hydrogen (secondary N) is 1. The molecule has 114 valence electrons. The van der Waals surface area contributed by atoms with Gasteiger partial charge in [0, 0.05) is 13.1 Å². The summed E-state index contributed by atoms with van der Waals surface area (Å²) >= 11 is 0. The predicted octanol–water partition coefficient (Wildman–Crippen LogP) is 1.05. The zero-order chi connectivity index (χ0) is 14.6. The van der Waals surface area contributed by atoms with Crippen LogP contribution in [0, 0.1) is 5.92 Å². The highest BCUT2D eigenvalue weighted by molar-refractivity contribution is 7.89. The number of morpholine rings is 1. The van der Waals surface area contributed by atoms with Crippen molar-refractivity contribution in [2.24, 2.45) is 5.92 Å². The minimum absolute atomic E-state index is 0.0146. The van der Waals surface area contributed by atoms with Gasteiger partial charge in [0.15, 0.2) is 0 Å². The molecular formula is C13H22N2O4S. The minimum Gasteiger partial charge on any atom is -0.447 e. The van der Waals surface area contributed by atoms with Gasteiger partial charge in [0.25, 0.3) is 10.0 Å². The summed E-state index contributed by atoms with van der Waals surface area (Å²) < 4.78 is 36.7. The third-order valence-electron chi connectivity index (χ3n) is 3.05. The van der Waals surface area contributed by atoms with Crippen LogP contribution in [-0.2, 0) is 21.3 Å². The summed E-state index contributed by atoms with van der Waals surface area (Å²) in [5.74, 6) is 1.18. The molecule has 0 bridgehead atoms. The van der Waals surface area contributed by atoms with E-state index in [1.165, 1.54) is 10.4 Å². The molecule has 1 N–H and O–H groups in total. The van der Waals surface area contributed by atoms with Crippen LogP contribution in [0.3, 0.4) is 0 Å². The molecule has 1 aromatic heterocycles. The summed E-state index contributed by atoms with van der Waals surface area (Å²) in [7, 11) is -3.52. The monoisotopic (exact) mass is 302 g/mol. The van der Waals surface area contributed by atoms with Crippen LogP contribution in [-0.4, -0.2) is 45.6 Å². The SMILES string of the molecule is CC(C)CNCc1ccc(S(=O)(=O)N2CCOCC2)o1. The molecule has 0 unspecified atom stereocenters. The van der Waals surface area contributed by atoms with Gasteiger partial charge in [0.1, 0.15) is 5.76 Å². The van der Waals surface area contributed by atoms with Crippen molar-refractivity contribution in [1.82, 2.24) is 9.62 Å². The topological polar surface area (TPSA) is 71.8 Å². The molecule has 1 aromatic rings. The molecule has 20 heavy (non-hydrogen) atoms. The molecule has 0 saturated carbocycles. The molecule has 0 amide bonds. The van der Waals surface area contributed by atoms with Crippen LogP contribution in [0.25, 0.3) is 0 Å². The maximum Gasteiger partial charge on any atom is 0.276 e. The lowest BCUT2D eigenvalue weighted by atomic mass is 10.2. The standard InChI is InChI=1S/C13H22N2O4S/c1-11(2)9-14-10-12-3-4-13(19-12)20(16,17)15-5-7-18-8-6-15/h3-4,11,14H,5-10H2,1-2H3. The van der Waals surface area contributed by atoms with Crippen LogP contribution in [0.4, 0.5) is 0 Å². The molecule has 0 aliphatic carbocycles. The van der Waals surface area contributed by atoms with Gasteiger partial charge < -0.3 is 14.5 Å². The largest absolute Gasteiger partial charge is 0.447 e. The summed E-state index contributed by atoms with van der Waals surface area (Å²) in [6.07, 6.45) is 0. The second-order valence-electron chi connectivity index (χ2n) is 5.26. The molecular weight excluding hydrogens is 280 g/mol. The maximum atomic E-state index is 12.3. The number of furan rings is 1. The Kier molecular flexibility index (Phi) is 5.20. The summed E-state index contributed by atoms with van der Waals surface area (Å²) in [5.41, 5.74) is 0. The van der Waals surface area contributed by atoms with E-state index in [9.17, 15) is 8.42 Å². The fourth-order valence-corrected chi connectivity index (χ4v) is 3.33. The zero-order valence-electron chi connectivity index (χ0n) is 12.0. The van der Waals surface area contributed by atoms with E-state index in [1.54, 1.807) is 6.07 Å². The highest BCUT2D eigenvalue weighted by Crippen LogP contribution is 2.19. The van der Waals surface area contributed by atoms with Gasteiger partial charge in [0.2, 0.25) is 5.09 Å². The van der Waals surface area contributed by atoms with Gasteiger partial charge in [0.05, 0.1) is 19.8 Å². The van der Waals surface area contributed by atoms with E-state index in [4.69, 9.17) is 9.15 Å². The van der Waals surface area contributed by atoms with Gasteiger partial charge in [-0.15, -0.1) is 0 Å². The third-order valence-corrected chi connectivity index (χ3v) is 4.83. The molecule has 7 heteroatoms. The number of hydrogen-bond acceptors (Lipinski definition) is 5. The van der Waals surface area contributed by atoms with Gasteiger partial charge >= 0.3 is 0 Å². The number of hydrogen-bond donors (Lipinski definition) is 1.